The fourth-order valence-corrected chi connectivity index (χ4v) is 2.31. The van der Waals surface area contributed by atoms with Gasteiger partial charge in [0.05, 0.1) is 6.10 Å². The van der Waals surface area contributed by atoms with Crippen LogP contribution in [-0.2, 0) is 0 Å². The van der Waals surface area contributed by atoms with E-state index in [1.54, 1.807) is 7.05 Å². The number of anilines is 2. The van der Waals surface area contributed by atoms with Crippen molar-refractivity contribution in [2.24, 2.45) is 11.8 Å². The monoisotopic (exact) mass is 279 g/mol. The van der Waals surface area contributed by atoms with Crippen LogP contribution in [0, 0.1) is 11.8 Å². The summed E-state index contributed by atoms with van der Waals surface area (Å²) in [7, 11) is 1.80. The molecule has 0 saturated carbocycles. The third-order valence-electron chi connectivity index (χ3n) is 3.78. The van der Waals surface area contributed by atoms with E-state index in [2.05, 4.69) is 39.0 Å². The number of ether oxygens (including phenoxy) is 1. The maximum absolute atomic E-state index is 5.61. The Morgan fingerprint density at radius 3 is 2.55 bits per heavy atom. The Hall–Kier alpha value is -1.59. The summed E-state index contributed by atoms with van der Waals surface area (Å²) in [4.78, 5) is 15.4. The van der Waals surface area contributed by atoms with Crippen LogP contribution >= 0.6 is 0 Å². The van der Waals surface area contributed by atoms with Crippen molar-refractivity contribution < 1.29 is 4.74 Å². The van der Waals surface area contributed by atoms with Crippen molar-refractivity contribution >= 4 is 11.9 Å². The van der Waals surface area contributed by atoms with E-state index < -0.39 is 0 Å². The lowest BCUT2D eigenvalue weighted by molar-refractivity contribution is 0.221. The van der Waals surface area contributed by atoms with Crippen molar-refractivity contribution in [3.63, 3.8) is 0 Å². The molecule has 0 spiro atoms. The zero-order valence-corrected chi connectivity index (χ0v) is 13.1. The van der Waals surface area contributed by atoms with Gasteiger partial charge in [0, 0.05) is 20.1 Å². The molecule has 20 heavy (non-hydrogen) atoms. The van der Waals surface area contributed by atoms with Crippen LogP contribution in [0.2, 0.25) is 0 Å². The van der Waals surface area contributed by atoms with Crippen molar-refractivity contribution in [3.05, 3.63) is 0 Å². The van der Waals surface area contributed by atoms with E-state index in [-0.39, 0.29) is 6.10 Å². The molecule has 1 N–H and O–H groups in total. The molecule has 2 unspecified atom stereocenters. The van der Waals surface area contributed by atoms with Crippen LogP contribution in [0.4, 0.5) is 11.9 Å². The summed E-state index contributed by atoms with van der Waals surface area (Å²) in [5, 5.41) is 2.97. The molecule has 2 rings (SSSR count). The van der Waals surface area contributed by atoms with Gasteiger partial charge in [-0.05, 0) is 32.1 Å². The van der Waals surface area contributed by atoms with E-state index in [1.165, 1.54) is 6.42 Å². The van der Waals surface area contributed by atoms with Gasteiger partial charge >= 0.3 is 6.01 Å². The normalized spacial score (nSPS) is 23.0. The molecule has 2 atom stereocenters. The number of piperidine rings is 1. The van der Waals surface area contributed by atoms with Gasteiger partial charge in [0.25, 0.3) is 0 Å². The SMILES string of the molecule is CNc1nc(OC(C)C)nc(N2CCC(C)C(C)C2)n1. The Kier molecular flexibility index (Phi) is 4.62. The van der Waals surface area contributed by atoms with Gasteiger partial charge in [0.1, 0.15) is 0 Å². The molecule has 6 nitrogen and oxygen atoms in total. The van der Waals surface area contributed by atoms with Crippen LogP contribution in [-0.4, -0.2) is 41.2 Å². The van der Waals surface area contributed by atoms with Crippen molar-refractivity contribution in [1.29, 1.82) is 0 Å². The van der Waals surface area contributed by atoms with Crippen LogP contribution in [0.3, 0.4) is 0 Å². The molecule has 2 heterocycles. The van der Waals surface area contributed by atoms with Gasteiger partial charge in [-0.3, -0.25) is 0 Å². The zero-order valence-electron chi connectivity index (χ0n) is 13.1. The van der Waals surface area contributed by atoms with E-state index in [0.717, 1.165) is 19.0 Å². The van der Waals surface area contributed by atoms with Gasteiger partial charge in [-0.2, -0.15) is 15.0 Å². The topological polar surface area (TPSA) is 63.2 Å². The predicted octanol–water partition coefficient (Wildman–Crippen LogP) is 2.18. The number of hydrogen-bond acceptors (Lipinski definition) is 6. The lowest BCUT2D eigenvalue weighted by Crippen LogP contribution is -2.39. The first kappa shape index (κ1) is 14.8. The maximum atomic E-state index is 5.61. The van der Waals surface area contributed by atoms with Gasteiger partial charge in [-0.15, -0.1) is 0 Å². The second kappa shape index (κ2) is 6.24. The number of hydrogen-bond donors (Lipinski definition) is 1. The molecule has 0 radical (unpaired) electrons. The molecule has 0 aromatic carbocycles. The lowest BCUT2D eigenvalue weighted by atomic mass is 9.89. The average Bonchev–Trinajstić information content (AvgIpc) is 2.40. The fourth-order valence-electron chi connectivity index (χ4n) is 2.31. The van der Waals surface area contributed by atoms with Crippen LogP contribution in [0.5, 0.6) is 6.01 Å². The Morgan fingerprint density at radius 2 is 1.95 bits per heavy atom. The Labute approximate surface area is 121 Å². The van der Waals surface area contributed by atoms with Gasteiger partial charge in [-0.1, -0.05) is 13.8 Å². The largest absolute Gasteiger partial charge is 0.461 e. The standard InChI is InChI=1S/C14H25N5O/c1-9(2)20-14-17-12(15-5)16-13(18-14)19-7-6-10(3)11(4)8-19/h9-11H,6-8H2,1-5H3,(H,15,16,17,18). The summed E-state index contributed by atoms with van der Waals surface area (Å²) < 4.78 is 5.61. The van der Waals surface area contributed by atoms with E-state index in [1.807, 2.05) is 13.8 Å². The number of nitrogens with one attached hydrogen (secondary N) is 1. The molecule has 1 aromatic rings. The summed E-state index contributed by atoms with van der Waals surface area (Å²) in [6, 6.07) is 0.389. The number of rotatable bonds is 4. The summed E-state index contributed by atoms with van der Waals surface area (Å²) in [5.74, 6) is 2.66. The third kappa shape index (κ3) is 3.49. The smallest absolute Gasteiger partial charge is 0.323 e. The first-order valence-corrected chi connectivity index (χ1v) is 7.35. The van der Waals surface area contributed by atoms with Crippen molar-refractivity contribution in [2.45, 2.75) is 40.2 Å². The Bertz CT molecular complexity index is 451. The second-order valence-electron chi connectivity index (χ2n) is 5.85. The molecule has 1 fully saturated rings. The molecule has 0 amide bonds. The third-order valence-corrected chi connectivity index (χ3v) is 3.78. The van der Waals surface area contributed by atoms with Gasteiger partial charge in [0.2, 0.25) is 11.9 Å². The highest BCUT2D eigenvalue weighted by Crippen LogP contribution is 2.26. The summed E-state index contributed by atoms with van der Waals surface area (Å²) in [6.45, 7) is 10.5. The Morgan fingerprint density at radius 1 is 1.20 bits per heavy atom. The fraction of sp³-hybridized carbons (Fsp3) is 0.786. The van der Waals surface area contributed by atoms with Crippen LogP contribution in [0.15, 0.2) is 0 Å². The molecule has 0 aliphatic carbocycles. The first-order valence-electron chi connectivity index (χ1n) is 7.35. The second-order valence-corrected chi connectivity index (χ2v) is 5.85. The maximum Gasteiger partial charge on any atom is 0.323 e. The average molecular weight is 279 g/mol. The van der Waals surface area contributed by atoms with Gasteiger partial charge < -0.3 is 15.0 Å². The predicted molar refractivity (Wildman–Crippen MR) is 80.3 cm³/mol. The summed E-state index contributed by atoms with van der Waals surface area (Å²) >= 11 is 0. The minimum absolute atomic E-state index is 0.0512. The number of aromatic nitrogens is 3. The van der Waals surface area contributed by atoms with Crippen molar-refractivity contribution in [3.8, 4) is 6.01 Å². The minimum atomic E-state index is 0.0512. The highest BCUT2D eigenvalue weighted by molar-refractivity contribution is 5.38. The first-order chi connectivity index (χ1) is 9.49. The molecular formula is C14H25N5O. The molecular weight excluding hydrogens is 254 g/mol. The molecule has 1 saturated heterocycles. The molecule has 6 heteroatoms. The summed E-state index contributed by atoms with van der Waals surface area (Å²) in [5.41, 5.74) is 0. The van der Waals surface area contributed by atoms with Gasteiger partial charge in [0.15, 0.2) is 0 Å². The quantitative estimate of drug-likeness (QED) is 0.911. The zero-order chi connectivity index (χ0) is 14.7. The van der Waals surface area contributed by atoms with Gasteiger partial charge in [-0.25, -0.2) is 0 Å². The van der Waals surface area contributed by atoms with E-state index in [4.69, 9.17) is 4.74 Å². The van der Waals surface area contributed by atoms with Crippen LogP contribution in [0.1, 0.15) is 34.1 Å². The van der Waals surface area contributed by atoms with E-state index in [0.29, 0.717) is 23.8 Å². The van der Waals surface area contributed by atoms with Crippen LogP contribution in [0.25, 0.3) is 0 Å². The molecule has 1 aliphatic heterocycles. The van der Waals surface area contributed by atoms with Crippen molar-refractivity contribution in [2.75, 3.05) is 30.4 Å². The van der Waals surface area contributed by atoms with E-state index >= 15 is 0 Å². The van der Waals surface area contributed by atoms with E-state index in [9.17, 15) is 0 Å². The Balaban J connectivity index is 2.21. The molecule has 1 aliphatic rings. The molecule has 0 bridgehead atoms. The van der Waals surface area contributed by atoms with Crippen LogP contribution < -0.4 is 15.0 Å². The van der Waals surface area contributed by atoms with Crippen molar-refractivity contribution in [1.82, 2.24) is 15.0 Å². The minimum Gasteiger partial charge on any atom is -0.461 e. The molecule has 112 valence electrons. The summed E-state index contributed by atoms with van der Waals surface area (Å²) in [6.07, 6.45) is 1.22. The highest BCUT2D eigenvalue weighted by atomic mass is 16.5. The highest BCUT2D eigenvalue weighted by Gasteiger charge is 2.25. The lowest BCUT2D eigenvalue weighted by Gasteiger charge is -2.35. The number of nitrogens with zero attached hydrogens (tertiary/aromatic N) is 4. The molecule has 1 aromatic heterocycles.